The van der Waals surface area contributed by atoms with Crippen molar-refractivity contribution in [1.29, 1.82) is 0 Å². The second-order valence-corrected chi connectivity index (χ2v) is 4.76. The van der Waals surface area contributed by atoms with E-state index < -0.39 is 5.97 Å². The zero-order valence-corrected chi connectivity index (χ0v) is 11.1. The van der Waals surface area contributed by atoms with Crippen molar-refractivity contribution >= 4 is 5.97 Å². The highest BCUT2D eigenvalue weighted by Crippen LogP contribution is 2.14. The second kappa shape index (κ2) is 6.50. The van der Waals surface area contributed by atoms with E-state index in [-0.39, 0.29) is 18.3 Å². The summed E-state index contributed by atoms with van der Waals surface area (Å²) in [6.07, 6.45) is 0.754. The van der Waals surface area contributed by atoms with Crippen LogP contribution in [0.4, 0.5) is 4.39 Å². The molecule has 1 aromatic carbocycles. The summed E-state index contributed by atoms with van der Waals surface area (Å²) < 4.78 is 13.4. The van der Waals surface area contributed by atoms with Crippen molar-refractivity contribution < 1.29 is 14.3 Å². The van der Waals surface area contributed by atoms with Gasteiger partial charge in [0.1, 0.15) is 5.82 Å². The van der Waals surface area contributed by atoms with Crippen molar-refractivity contribution in [1.82, 2.24) is 5.32 Å². The molecule has 18 heavy (non-hydrogen) atoms. The summed E-state index contributed by atoms with van der Waals surface area (Å²) in [5, 5.41) is 11.8. The Morgan fingerprint density at radius 2 is 1.94 bits per heavy atom. The molecule has 4 heteroatoms. The summed E-state index contributed by atoms with van der Waals surface area (Å²) in [7, 11) is 0. The molecule has 1 atom stereocenters. The zero-order valence-electron chi connectivity index (χ0n) is 11.1. The van der Waals surface area contributed by atoms with E-state index in [0.717, 1.165) is 5.56 Å². The van der Waals surface area contributed by atoms with Crippen LogP contribution in [0.5, 0.6) is 0 Å². The van der Waals surface area contributed by atoms with Crippen molar-refractivity contribution in [3.8, 4) is 0 Å². The van der Waals surface area contributed by atoms with Crippen LogP contribution >= 0.6 is 0 Å². The van der Waals surface area contributed by atoms with Gasteiger partial charge in [-0.15, -0.1) is 0 Å². The van der Waals surface area contributed by atoms with Crippen molar-refractivity contribution in [2.24, 2.45) is 0 Å². The molecule has 3 nitrogen and oxygen atoms in total. The largest absolute Gasteiger partial charge is 0.481 e. The fourth-order valence-electron chi connectivity index (χ4n) is 1.87. The van der Waals surface area contributed by atoms with Crippen LogP contribution in [0.2, 0.25) is 0 Å². The molecule has 0 amide bonds. The third-order valence-corrected chi connectivity index (χ3v) is 2.94. The van der Waals surface area contributed by atoms with Gasteiger partial charge in [0.15, 0.2) is 0 Å². The first-order valence-electron chi connectivity index (χ1n) is 6.11. The highest BCUT2D eigenvalue weighted by molar-refractivity contribution is 5.66. The molecule has 1 aromatic rings. The smallest absolute Gasteiger partial charge is 0.303 e. The Morgan fingerprint density at radius 3 is 2.44 bits per heavy atom. The average molecular weight is 253 g/mol. The number of aliphatic carboxylic acids is 1. The van der Waals surface area contributed by atoms with Crippen LogP contribution in [-0.4, -0.2) is 17.1 Å². The van der Waals surface area contributed by atoms with Crippen LogP contribution in [0.1, 0.15) is 36.5 Å². The predicted molar refractivity (Wildman–Crippen MR) is 69.0 cm³/mol. The van der Waals surface area contributed by atoms with E-state index in [1.165, 1.54) is 0 Å². The second-order valence-electron chi connectivity index (χ2n) is 4.76. The number of benzene rings is 1. The lowest BCUT2D eigenvalue weighted by molar-refractivity contribution is -0.137. The molecule has 0 saturated heterocycles. The molecule has 2 N–H and O–H groups in total. The molecule has 0 bridgehead atoms. The molecule has 1 rings (SSSR count). The summed E-state index contributed by atoms with van der Waals surface area (Å²) in [4.78, 5) is 10.4. The molecule has 1 unspecified atom stereocenters. The minimum atomic E-state index is -0.780. The minimum Gasteiger partial charge on any atom is -0.481 e. The van der Waals surface area contributed by atoms with E-state index in [1.54, 1.807) is 13.8 Å². The van der Waals surface area contributed by atoms with Gasteiger partial charge in [0.05, 0.1) is 0 Å². The molecular formula is C14H20FNO2. The van der Waals surface area contributed by atoms with Crippen molar-refractivity contribution in [3.63, 3.8) is 0 Å². The molecule has 0 radical (unpaired) electrons. The Balaban J connectivity index is 2.51. The number of halogens is 1. The van der Waals surface area contributed by atoms with Crippen LogP contribution in [0.15, 0.2) is 12.1 Å². The Morgan fingerprint density at radius 1 is 1.39 bits per heavy atom. The van der Waals surface area contributed by atoms with Crippen molar-refractivity contribution in [2.45, 2.75) is 46.2 Å². The predicted octanol–water partition coefficient (Wildman–Crippen LogP) is 2.79. The number of carbonyl (C=O) groups is 1. The number of carboxylic acid groups (broad SMARTS) is 1. The van der Waals surface area contributed by atoms with Gasteiger partial charge in [-0.2, -0.15) is 0 Å². The molecule has 100 valence electrons. The van der Waals surface area contributed by atoms with Gasteiger partial charge in [-0.1, -0.05) is 12.1 Å². The van der Waals surface area contributed by atoms with Crippen molar-refractivity contribution in [3.05, 3.63) is 34.6 Å². The first-order valence-corrected chi connectivity index (χ1v) is 6.11. The number of nitrogens with one attached hydrogen (secondary N) is 1. The maximum atomic E-state index is 13.4. The van der Waals surface area contributed by atoms with E-state index in [2.05, 4.69) is 5.32 Å². The number of hydrogen-bond donors (Lipinski definition) is 2. The lowest BCUT2D eigenvalue weighted by Crippen LogP contribution is -2.26. The number of rotatable bonds is 6. The SMILES string of the molecule is Cc1cc(CNC(C)CCC(=O)O)cc(C)c1F. The van der Waals surface area contributed by atoms with E-state index in [9.17, 15) is 9.18 Å². The van der Waals surface area contributed by atoms with Gasteiger partial charge in [-0.05, 0) is 43.9 Å². The van der Waals surface area contributed by atoms with Crippen LogP contribution in [0.3, 0.4) is 0 Å². The fraction of sp³-hybridized carbons (Fsp3) is 0.500. The summed E-state index contributed by atoms with van der Waals surface area (Å²) in [6, 6.07) is 3.77. The summed E-state index contributed by atoms with van der Waals surface area (Å²) in [6.45, 7) is 6.08. The number of hydrogen-bond acceptors (Lipinski definition) is 2. The Kier molecular flexibility index (Phi) is 5.28. The zero-order chi connectivity index (χ0) is 13.7. The molecule has 0 aliphatic heterocycles. The van der Waals surface area contributed by atoms with Crippen LogP contribution in [-0.2, 0) is 11.3 Å². The maximum Gasteiger partial charge on any atom is 0.303 e. The number of carboxylic acids is 1. The molecule has 0 fully saturated rings. The fourth-order valence-corrected chi connectivity index (χ4v) is 1.87. The van der Waals surface area contributed by atoms with Gasteiger partial charge in [0.2, 0.25) is 0 Å². The van der Waals surface area contributed by atoms with Crippen LogP contribution < -0.4 is 5.32 Å². The minimum absolute atomic E-state index is 0.131. The highest BCUT2D eigenvalue weighted by atomic mass is 19.1. The Bertz CT molecular complexity index is 409. The van der Waals surface area contributed by atoms with Gasteiger partial charge in [-0.3, -0.25) is 4.79 Å². The highest BCUT2D eigenvalue weighted by Gasteiger charge is 2.07. The van der Waals surface area contributed by atoms with Gasteiger partial charge < -0.3 is 10.4 Å². The number of aryl methyl sites for hydroxylation is 2. The van der Waals surface area contributed by atoms with Crippen LogP contribution in [0.25, 0.3) is 0 Å². The molecule has 0 saturated carbocycles. The topological polar surface area (TPSA) is 49.3 Å². The van der Waals surface area contributed by atoms with Gasteiger partial charge in [0, 0.05) is 19.0 Å². The van der Waals surface area contributed by atoms with E-state index in [4.69, 9.17) is 5.11 Å². The van der Waals surface area contributed by atoms with Crippen LogP contribution in [0, 0.1) is 19.7 Å². The third kappa shape index (κ3) is 4.45. The summed E-state index contributed by atoms with van der Waals surface area (Å²) in [5.41, 5.74) is 2.31. The Labute approximate surface area is 107 Å². The van der Waals surface area contributed by atoms with Gasteiger partial charge in [0.25, 0.3) is 0 Å². The normalized spacial score (nSPS) is 12.4. The van der Waals surface area contributed by atoms with E-state index >= 15 is 0 Å². The van der Waals surface area contributed by atoms with Gasteiger partial charge in [-0.25, -0.2) is 4.39 Å². The van der Waals surface area contributed by atoms with Crippen molar-refractivity contribution in [2.75, 3.05) is 0 Å². The molecule has 0 spiro atoms. The van der Waals surface area contributed by atoms with E-state index in [0.29, 0.717) is 24.1 Å². The molecule has 0 aliphatic rings. The molecule has 0 aromatic heterocycles. The van der Waals surface area contributed by atoms with E-state index in [1.807, 2.05) is 19.1 Å². The average Bonchev–Trinajstić information content (AvgIpc) is 2.30. The molecule has 0 heterocycles. The lowest BCUT2D eigenvalue weighted by atomic mass is 10.1. The lowest BCUT2D eigenvalue weighted by Gasteiger charge is -2.13. The monoisotopic (exact) mass is 253 g/mol. The first kappa shape index (κ1) is 14.6. The maximum absolute atomic E-state index is 13.4. The first-order chi connectivity index (χ1) is 8.40. The molecule has 0 aliphatic carbocycles. The standard InChI is InChI=1S/C14H20FNO2/c1-9-6-12(7-10(2)14(9)15)8-16-11(3)4-5-13(17)18/h6-7,11,16H,4-5,8H2,1-3H3,(H,17,18). The summed E-state index contributed by atoms with van der Waals surface area (Å²) >= 11 is 0. The Hall–Kier alpha value is -1.42. The van der Waals surface area contributed by atoms with Gasteiger partial charge >= 0.3 is 5.97 Å². The third-order valence-electron chi connectivity index (χ3n) is 2.94. The quantitative estimate of drug-likeness (QED) is 0.819. The molecular weight excluding hydrogens is 233 g/mol. The summed E-state index contributed by atoms with van der Waals surface area (Å²) in [5.74, 6) is -0.935.